The number of nitrogens with one attached hydrogen (secondary N) is 1. The topological polar surface area (TPSA) is 67.3 Å². The molecule has 0 bridgehead atoms. The molecular weight excluding hydrogens is 218 g/mol. The van der Waals surface area contributed by atoms with Crippen LogP contribution < -0.4 is 10.1 Å². The third kappa shape index (κ3) is 4.99. The zero-order valence-electron chi connectivity index (χ0n) is 10.9. The van der Waals surface area contributed by atoms with Crippen molar-refractivity contribution in [3.8, 4) is 5.88 Å². The van der Waals surface area contributed by atoms with Crippen molar-refractivity contribution in [1.29, 1.82) is 0 Å². The van der Waals surface area contributed by atoms with Gasteiger partial charge in [-0.1, -0.05) is 13.8 Å². The summed E-state index contributed by atoms with van der Waals surface area (Å²) < 4.78 is 5.00. The molecule has 0 aliphatic carbocycles. The minimum absolute atomic E-state index is 0.450. The van der Waals surface area contributed by atoms with Gasteiger partial charge >= 0.3 is 0 Å². The summed E-state index contributed by atoms with van der Waals surface area (Å²) in [5.74, 6) is 1.61. The maximum atomic E-state index is 10.1. The number of aromatic nitrogens is 2. The first kappa shape index (κ1) is 13.7. The summed E-state index contributed by atoms with van der Waals surface area (Å²) >= 11 is 0. The molecule has 0 aromatic carbocycles. The van der Waals surface area contributed by atoms with Crippen molar-refractivity contribution in [3.63, 3.8) is 0 Å². The van der Waals surface area contributed by atoms with Crippen LogP contribution in [0.3, 0.4) is 0 Å². The molecule has 0 radical (unpaired) electrons. The zero-order valence-corrected chi connectivity index (χ0v) is 10.9. The van der Waals surface area contributed by atoms with Crippen molar-refractivity contribution in [2.75, 3.05) is 19.0 Å². The summed E-state index contributed by atoms with van der Waals surface area (Å²) in [6.07, 6.45) is 2.17. The molecule has 96 valence electrons. The number of rotatable bonds is 6. The monoisotopic (exact) mass is 239 g/mol. The van der Waals surface area contributed by atoms with Gasteiger partial charge < -0.3 is 15.2 Å². The molecular formula is C12H21N3O2. The second kappa shape index (κ2) is 5.82. The van der Waals surface area contributed by atoms with E-state index in [4.69, 9.17) is 4.74 Å². The third-order valence-corrected chi connectivity index (χ3v) is 2.35. The smallest absolute Gasteiger partial charge is 0.218 e. The molecule has 17 heavy (non-hydrogen) atoms. The van der Waals surface area contributed by atoms with Gasteiger partial charge in [-0.3, -0.25) is 0 Å². The zero-order chi connectivity index (χ0) is 12.9. The molecule has 0 spiro atoms. The Bertz CT molecular complexity index is 353. The van der Waals surface area contributed by atoms with Crippen molar-refractivity contribution in [3.05, 3.63) is 12.4 Å². The van der Waals surface area contributed by atoms with Crippen molar-refractivity contribution >= 4 is 5.82 Å². The van der Waals surface area contributed by atoms with Gasteiger partial charge in [0.2, 0.25) is 5.88 Å². The van der Waals surface area contributed by atoms with E-state index in [1.165, 1.54) is 6.33 Å². The van der Waals surface area contributed by atoms with Gasteiger partial charge in [-0.25, -0.2) is 9.97 Å². The van der Waals surface area contributed by atoms with E-state index in [9.17, 15) is 5.11 Å². The molecule has 0 amide bonds. The van der Waals surface area contributed by atoms with E-state index in [0.717, 1.165) is 6.42 Å². The molecule has 0 fully saturated rings. The number of hydrogen-bond donors (Lipinski definition) is 2. The molecule has 5 heteroatoms. The summed E-state index contributed by atoms with van der Waals surface area (Å²) in [5, 5.41) is 13.2. The highest BCUT2D eigenvalue weighted by molar-refractivity contribution is 5.37. The van der Waals surface area contributed by atoms with Crippen LogP contribution in [0.2, 0.25) is 0 Å². The third-order valence-electron chi connectivity index (χ3n) is 2.35. The highest BCUT2D eigenvalue weighted by Crippen LogP contribution is 2.17. The van der Waals surface area contributed by atoms with E-state index in [1.807, 2.05) is 6.92 Å². The molecule has 0 saturated carbocycles. The van der Waals surface area contributed by atoms with Gasteiger partial charge in [0.05, 0.1) is 12.7 Å². The maximum Gasteiger partial charge on any atom is 0.218 e. The SMILES string of the molecule is COc1cc(NCC(C)(O)CC(C)C)ncn1. The van der Waals surface area contributed by atoms with E-state index in [-0.39, 0.29) is 0 Å². The van der Waals surface area contributed by atoms with Crippen molar-refractivity contribution < 1.29 is 9.84 Å². The molecule has 1 heterocycles. The summed E-state index contributed by atoms with van der Waals surface area (Å²) in [6, 6.07) is 1.70. The normalized spacial score (nSPS) is 14.5. The van der Waals surface area contributed by atoms with E-state index in [2.05, 4.69) is 29.1 Å². The van der Waals surface area contributed by atoms with E-state index in [0.29, 0.717) is 24.2 Å². The fraction of sp³-hybridized carbons (Fsp3) is 0.667. The Morgan fingerprint density at radius 2 is 2.18 bits per heavy atom. The van der Waals surface area contributed by atoms with Gasteiger partial charge in [-0.2, -0.15) is 0 Å². The molecule has 0 aliphatic heterocycles. The molecule has 5 nitrogen and oxygen atoms in total. The minimum atomic E-state index is -0.744. The lowest BCUT2D eigenvalue weighted by molar-refractivity contribution is 0.0514. The molecule has 0 aliphatic rings. The molecule has 1 unspecified atom stereocenters. The number of aliphatic hydroxyl groups is 1. The molecule has 1 aromatic rings. The molecule has 1 atom stereocenters. The van der Waals surface area contributed by atoms with Crippen LogP contribution in [0.1, 0.15) is 27.2 Å². The Kier molecular flexibility index (Phi) is 4.69. The number of ether oxygens (including phenoxy) is 1. The van der Waals surface area contributed by atoms with E-state index >= 15 is 0 Å². The maximum absolute atomic E-state index is 10.1. The molecule has 1 aromatic heterocycles. The molecule has 0 saturated heterocycles. The predicted molar refractivity (Wildman–Crippen MR) is 67.2 cm³/mol. The Balaban J connectivity index is 2.54. The Morgan fingerprint density at radius 1 is 1.47 bits per heavy atom. The fourth-order valence-electron chi connectivity index (χ4n) is 1.78. The summed E-state index contributed by atoms with van der Waals surface area (Å²) in [6.45, 7) is 6.44. The Hall–Kier alpha value is -1.36. The Labute approximate surface area is 102 Å². The van der Waals surface area contributed by atoms with E-state index in [1.54, 1.807) is 13.2 Å². The highest BCUT2D eigenvalue weighted by Gasteiger charge is 2.21. The van der Waals surface area contributed by atoms with Gasteiger partial charge in [-0.15, -0.1) is 0 Å². The quantitative estimate of drug-likeness (QED) is 0.790. The average Bonchev–Trinajstić information content (AvgIpc) is 2.25. The summed E-state index contributed by atoms with van der Waals surface area (Å²) in [4.78, 5) is 7.97. The van der Waals surface area contributed by atoms with Crippen molar-refractivity contribution in [2.45, 2.75) is 32.8 Å². The first-order chi connectivity index (χ1) is 7.93. The molecule has 1 rings (SSSR count). The lowest BCUT2D eigenvalue weighted by Crippen LogP contribution is -2.35. The lowest BCUT2D eigenvalue weighted by atomic mass is 9.94. The van der Waals surface area contributed by atoms with Crippen LogP contribution in [0, 0.1) is 5.92 Å². The second-order valence-corrected chi connectivity index (χ2v) is 4.89. The number of nitrogens with zero attached hydrogens (tertiary/aromatic N) is 2. The Morgan fingerprint density at radius 3 is 2.76 bits per heavy atom. The van der Waals surface area contributed by atoms with Gasteiger partial charge in [0.1, 0.15) is 12.1 Å². The number of hydrogen-bond acceptors (Lipinski definition) is 5. The second-order valence-electron chi connectivity index (χ2n) is 4.89. The van der Waals surface area contributed by atoms with Crippen LogP contribution in [0.5, 0.6) is 5.88 Å². The fourth-order valence-corrected chi connectivity index (χ4v) is 1.78. The van der Waals surface area contributed by atoms with Crippen LogP contribution in [-0.4, -0.2) is 34.3 Å². The van der Waals surface area contributed by atoms with Crippen molar-refractivity contribution in [2.24, 2.45) is 5.92 Å². The van der Waals surface area contributed by atoms with Crippen LogP contribution in [0.15, 0.2) is 12.4 Å². The molecule has 2 N–H and O–H groups in total. The number of methoxy groups -OCH3 is 1. The van der Waals surface area contributed by atoms with Gasteiger partial charge in [0.25, 0.3) is 0 Å². The highest BCUT2D eigenvalue weighted by atomic mass is 16.5. The van der Waals surface area contributed by atoms with Gasteiger partial charge in [-0.05, 0) is 19.3 Å². The first-order valence-electron chi connectivity index (χ1n) is 5.75. The lowest BCUT2D eigenvalue weighted by Gasteiger charge is -2.25. The standard InChI is InChI=1S/C12H21N3O2/c1-9(2)6-12(3,16)7-13-10-5-11(17-4)15-8-14-10/h5,8-9,16H,6-7H2,1-4H3,(H,13,14,15). The van der Waals surface area contributed by atoms with Crippen LogP contribution >= 0.6 is 0 Å². The first-order valence-corrected chi connectivity index (χ1v) is 5.75. The average molecular weight is 239 g/mol. The van der Waals surface area contributed by atoms with Crippen molar-refractivity contribution in [1.82, 2.24) is 9.97 Å². The predicted octanol–water partition coefficient (Wildman–Crippen LogP) is 1.69. The summed E-state index contributed by atoms with van der Waals surface area (Å²) in [7, 11) is 1.56. The van der Waals surface area contributed by atoms with E-state index < -0.39 is 5.60 Å². The summed E-state index contributed by atoms with van der Waals surface area (Å²) in [5.41, 5.74) is -0.744. The van der Waals surface area contributed by atoms with Crippen LogP contribution in [-0.2, 0) is 0 Å². The van der Waals surface area contributed by atoms with Gasteiger partial charge in [0.15, 0.2) is 0 Å². The van der Waals surface area contributed by atoms with Crippen LogP contribution in [0.25, 0.3) is 0 Å². The minimum Gasteiger partial charge on any atom is -0.481 e. The van der Waals surface area contributed by atoms with Gasteiger partial charge in [0, 0.05) is 12.6 Å². The largest absolute Gasteiger partial charge is 0.481 e. The van der Waals surface area contributed by atoms with Crippen LogP contribution in [0.4, 0.5) is 5.82 Å². The number of anilines is 1.